The van der Waals surface area contributed by atoms with E-state index in [9.17, 15) is 13.2 Å². The summed E-state index contributed by atoms with van der Waals surface area (Å²) in [5.41, 5.74) is 0.803. The third kappa shape index (κ3) is 4.05. The van der Waals surface area contributed by atoms with Crippen LogP contribution in [0.3, 0.4) is 0 Å². The molecule has 7 nitrogen and oxygen atoms in total. The van der Waals surface area contributed by atoms with Gasteiger partial charge in [0, 0.05) is 33.2 Å². The van der Waals surface area contributed by atoms with E-state index in [1.807, 2.05) is 18.2 Å². The molecule has 0 atom stereocenters. The number of carbonyl (C=O) groups excluding carboxylic acids is 1. The van der Waals surface area contributed by atoms with E-state index in [2.05, 4.69) is 9.88 Å². The lowest BCUT2D eigenvalue weighted by Gasteiger charge is -2.35. The Bertz CT molecular complexity index is 891. The number of benzene rings is 1. The number of nitrogens with zero attached hydrogens (tertiary/aromatic N) is 4. The van der Waals surface area contributed by atoms with Gasteiger partial charge >= 0.3 is 0 Å². The number of carbonyl (C=O) groups is 1. The summed E-state index contributed by atoms with van der Waals surface area (Å²) in [5.74, 6) is -0.181. The van der Waals surface area contributed by atoms with Gasteiger partial charge in [-0.15, -0.1) is 0 Å². The van der Waals surface area contributed by atoms with Crippen LogP contribution >= 0.6 is 22.9 Å². The second-order valence-corrected chi connectivity index (χ2v) is 9.48. The molecular formula is C15H19ClN4O3S2. The molecule has 1 fully saturated rings. The molecule has 1 aliphatic heterocycles. The summed E-state index contributed by atoms with van der Waals surface area (Å²) in [7, 11) is -1.94. The molecule has 0 saturated carbocycles. The molecule has 0 unspecified atom stereocenters. The van der Waals surface area contributed by atoms with E-state index in [0.717, 1.165) is 25.9 Å². The highest BCUT2D eigenvalue weighted by molar-refractivity contribution is 7.88. The molecule has 10 heteroatoms. The summed E-state index contributed by atoms with van der Waals surface area (Å²) < 4.78 is 25.0. The van der Waals surface area contributed by atoms with Crippen molar-refractivity contribution in [2.24, 2.45) is 0 Å². The zero-order chi connectivity index (χ0) is 18.2. The van der Waals surface area contributed by atoms with Crippen molar-refractivity contribution < 1.29 is 13.2 Å². The van der Waals surface area contributed by atoms with Crippen molar-refractivity contribution in [2.45, 2.75) is 0 Å². The first kappa shape index (κ1) is 18.4. The zero-order valence-electron chi connectivity index (χ0n) is 14.0. The summed E-state index contributed by atoms with van der Waals surface area (Å²) in [6, 6.07) is 5.72. The highest BCUT2D eigenvalue weighted by Crippen LogP contribution is 2.33. The first-order valence-electron chi connectivity index (χ1n) is 7.75. The molecular weight excluding hydrogens is 384 g/mol. The fourth-order valence-corrected chi connectivity index (χ4v) is 4.26. The molecule has 0 radical (unpaired) electrons. The SMILES string of the molecule is CN(CC(=O)N1CCN(c2nc3c(Cl)cccc3s2)CC1)S(C)(=O)=O. The molecule has 0 aliphatic carbocycles. The number of anilines is 1. The second-order valence-electron chi connectivity index (χ2n) is 5.97. The van der Waals surface area contributed by atoms with Crippen LogP contribution in [-0.4, -0.2) is 74.5 Å². The minimum atomic E-state index is -3.35. The van der Waals surface area contributed by atoms with Crippen molar-refractivity contribution >= 4 is 54.2 Å². The average Bonchev–Trinajstić information content (AvgIpc) is 2.99. The summed E-state index contributed by atoms with van der Waals surface area (Å²) >= 11 is 7.76. The van der Waals surface area contributed by atoms with Gasteiger partial charge in [0.1, 0.15) is 5.52 Å². The fraction of sp³-hybridized carbons (Fsp3) is 0.467. The van der Waals surface area contributed by atoms with Gasteiger partial charge in [-0.25, -0.2) is 13.4 Å². The number of piperazine rings is 1. The number of thiazole rings is 1. The van der Waals surface area contributed by atoms with Gasteiger partial charge in [-0.1, -0.05) is 29.0 Å². The second kappa shape index (κ2) is 7.06. The molecule has 25 heavy (non-hydrogen) atoms. The van der Waals surface area contributed by atoms with Gasteiger partial charge in [-0.2, -0.15) is 4.31 Å². The molecule has 2 heterocycles. The Hall–Kier alpha value is -1.42. The van der Waals surface area contributed by atoms with E-state index in [-0.39, 0.29) is 12.5 Å². The van der Waals surface area contributed by atoms with Crippen LogP contribution in [0, 0.1) is 0 Å². The Balaban J connectivity index is 1.63. The Morgan fingerprint density at radius 2 is 2.00 bits per heavy atom. The van der Waals surface area contributed by atoms with Crippen LogP contribution < -0.4 is 4.90 Å². The number of amides is 1. The number of fused-ring (bicyclic) bond motifs is 1. The molecule has 3 rings (SSSR count). The maximum absolute atomic E-state index is 12.3. The molecule has 1 aliphatic rings. The smallest absolute Gasteiger partial charge is 0.238 e. The maximum Gasteiger partial charge on any atom is 0.238 e. The van der Waals surface area contributed by atoms with E-state index in [1.165, 1.54) is 7.05 Å². The zero-order valence-corrected chi connectivity index (χ0v) is 16.4. The molecule has 0 N–H and O–H groups in total. The van der Waals surface area contributed by atoms with E-state index in [4.69, 9.17) is 11.6 Å². The van der Waals surface area contributed by atoms with Crippen LogP contribution in [0.2, 0.25) is 5.02 Å². The van der Waals surface area contributed by atoms with Gasteiger partial charge in [0.2, 0.25) is 15.9 Å². The number of hydrogen-bond donors (Lipinski definition) is 0. The van der Waals surface area contributed by atoms with Crippen LogP contribution in [0.25, 0.3) is 10.2 Å². The molecule has 0 spiro atoms. The van der Waals surface area contributed by atoms with Gasteiger partial charge < -0.3 is 9.80 Å². The lowest BCUT2D eigenvalue weighted by atomic mass is 10.3. The minimum Gasteiger partial charge on any atom is -0.345 e. The highest BCUT2D eigenvalue weighted by Gasteiger charge is 2.25. The Labute approximate surface area is 155 Å². The number of aromatic nitrogens is 1. The summed E-state index contributed by atoms with van der Waals surface area (Å²) in [6.45, 7) is 2.27. The van der Waals surface area contributed by atoms with Crippen LogP contribution in [0.15, 0.2) is 18.2 Å². The Morgan fingerprint density at radius 1 is 1.32 bits per heavy atom. The molecule has 0 bridgehead atoms. The standard InChI is InChI=1S/C15H19ClN4O3S2/c1-18(25(2,22)23)10-13(21)19-6-8-20(9-7-19)15-17-14-11(16)4-3-5-12(14)24-15/h3-5H,6-10H2,1-2H3. The van der Waals surface area contributed by atoms with Gasteiger partial charge in [0.25, 0.3) is 0 Å². The molecule has 136 valence electrons. The van der Waals surface area contributed by atoms with E-state index in [0.29, 0.717) is 31.2 Å². The van der Waals surface area contributed by atoms with Gasteiger partial charge in [0.15, 0.2) is 5.13 Å². The number of likely N-dealkylation sites (N-methyl/N-ethyl adjacent to an activating group) is 1. The fourth-order valence-electron chi connectivity index (χ4n) is 2.59. The molecule has 1 saturated heterocycles. The van der Waals surface area contributed by atoms with Crippen LogP contribution in [0.4, 0.5) is 5.13 Å². The average molecular weight is 403 g/mol. The first-order chi connectivity index (χ1) is 11.8. The summed E-state index contributed by atoms with van der Waals surface area (Å²) in [6.07, 6.45) is 1.09. The minimum absolute atomic E-state index is 0.129. The van der Waals surface area contributed by atoms with Crippen molar-refractivity contribution in [3.63, 3.8) is 0 Å². The van der Waals surface area contributed by atoms with Crippen molar-refractivity contribution in [3.05, 3.63) is 23.2 Å². The largest absolute Gasteiger partial charge is 0.345 e. The molecule has 1 aromatic heterocycles. The monoisotopic (exact) mass is 402 g/mol. The topological polar surface area (TPSA) is 73.8 Å². The summed E-state index contributed by atoms with van der Waals surface area (Å²) in [5, 5.41) is 1.53. The summed E-state index contributed by atoms with van der Waals surface area (Å²) in [4.78, 5) is 20.7. The van der Waals surface area contributed by atoms with E-state index in [1.54, 1.807) is 16.2 Å². The number of rotatable bonds is 4. The van der Waals surface area contributed by atoms with E-state index >= 15 is 0 Å². The van der Waals surface area contributed by atoms with Crippen LogP contribution in [0.5, 0.6) is 0 Å². The molecule has 1 amide bonds. The third-order valence-corrected chi connectivity index (χ3v) is 6.83. The van der Waals surface area contributed by atoms with E-state index < -0.39 is 10.0 Å². The van der Waals surface area contributed by atoms with Crippen molar-refractivity contribution in [3.8, 4) is 0 Å². The van der Waals surface area contributed by atoms with Crippen LogP contribution in [0.1, 0.15) is 0 Å². The quantitative estimate of drug-likeness (QED) is 0.774. The number of hydrogen-bond acceptors (Lipinski definition) is 6. The maximum atomic E-state index is 12.3. The van der Waals surface area contributed by atoms with Crippen molar-refractivity contribution in [1.82, 2.24) is 14.2 Å². The predicted octanol–water partition coefficient (Wildman–Crippen LogP) is 1.49. The van der Waals surface area contributed by atoms with Gasteiger partial charge in [0.05, 0.1) is 22.5 Å². The molecule has 2 aromatic rings. The molecule has 1 aromatic carbocycles. The Morgan fingerprint density at radius 3 is 2.60 bits per heavy atom. The number of para-hydroxylation sites is 1. The van der Waals surface area contributed by atoms with Gasteiger partial charge in [-0.3, -0.25) is 4.79 Å². The number of halogens is 1. The van der Waals surface area contributed by atoms with Crippen LogP contribution in [-0.2, 0) is 14.8 Å². The van der Waals surface area contributed by atoms with Crippen molar-refractivity contribution in [2.75, 3.05) is 50.9 Å². The number of sulfonamides is 1. The normalized spacial score (nSPS) is 16.0. The lowest BCUT2D eigenvalue weighted by Crippen LogP contribution is -2.51. The highest BCUT2D eigenvalue weighted by atomic mass is 35.5. The first-order valence-corrected chi connectivity index (χ1v) is 10.8. The third-order valence-electron chi connectivity index (χ3n) is 4.19. The Kier molecular flexibility index (Phi) is 5.19. The van der Waals surface area contributed by atoms with Gasteiger partial charge in [-0.05, 0) is 12.1 Å². The predicted molar refractivity (Wildman–Crippen MR) is 101 cm³/mol. The lowest BCUT2D eigenvalue weighted by molar-refractivity contribution is -0.131. The van der Waals surface area contributed by atoms with Crippen molar-refractivity contribution in [1.29, 1.82) is 0 Å².